The summed E-state index contributed by atoms with van der Waals surface area (Å²) in [4.78, 5) is 16.3. The SMILES string of the molecule is Cn1cc(C(=O)NCCc2coc(-c3ccccc3)n2)c(C(F)(F)F)n1. The third kappa shape index (κ3) is 3.93. The van der Waals surface area contributed by atoms with Crippen LogP contribution in [0.3, 0.4) is 0 Å². The molecule has 1 aromatic carbocycles. The Bertz CT molecular complexity index is 900. The van der Waals surface area contributed by atoms with Gasteiger partial charge in [0.2, 0.25) is 5.89 Å². The lowest BCUT2D eigenvalue weighted by Gasteiger charge is -2.06. The molecule has 0 saturated carbocycles. The topological polar surface area (TPSA) is 73.0 Å². The molecular formula is C17H15F3N4O2. The van der Waals surface area contributed by atoms with Crippen molar-refractivity contribution in [2.45, 2.75) is 12.6 Å². The van der Waals surface area contributed by atoms with Gasteiger partial charge >= 0.3 is 6.18 Å². The van der Waals surface area contributed by atoms with E-state index in [0.717, 1.165) is 16.4 Å². The van der Waals surface area contributed by atoms with Gasteiger partial charge in [0.15, 0.2) is 5.69 Å². The van der Waals surface area contributed by atoms with Crippen LogP contribution in [0.4, 0.5) is 13.2 Å². The maximum Gasteiger partial charge on any atom is 0.435 e. The zero-order valence-corrected chi connectivity index (χ0v) is 13.7. The van der Waals surface area contributed by atoms with Crippen molar-refractivity contribution >= 4 is 5.91 Å². The van der Waals surface area contributed by atoms with E-state index in [1.807, 2.05) is 30.3 Å². The van der Waals surface area contributed by atoms with Crippen LogP contribution in [0.15, 0.2) is 47.2 Å². The molecule has 6 nitrogen and oxygen atoms in total. The number of hydrogen-bond donors (Lipinski definition) is 1. The molecular weight excluding hydrogens is 349 g/mol. The standard InChI is InChI=1S/C17H15F3N4O2/c1-24-9-13(14(23-24)17(18,19)20)15(25)21-8-7-12-10-26-16(22-12)11-5-3-2-4-6-11/h2-6,9-10H,7-8H2,1H3,(H,21,25). The van der Waals surface area contributed by atoms with Gasteiger partial charge in [-0.15, -0.1) is 0 Å². The van der Waals surface area contributed by atoms with Gasteiger partial charge in [-0.2, -0.15) is 18.3 Å². The molecule has 3 rings (SSSR count). The largest absolute Gasteiger partial charge is 0.444 e. The number of amides is 1. The van der Waals surface area contributed by atoms with Crippen LogP contribution < -0.4 is 5.32 Å². The number of benzene rings is 1. The maximum absolute atomic E-state index is 12.9. The lowest BCUT2D eigenvalue weighted by Crippen LogP contribution is -2.27. The summed E-state index contributed by atoms with van der Waals surface area (Å²) in [5.41, 5.74) is -0.310. The second-order valence-corrected chi connectivity index (χ2v) is 5.58. The molecule has 0 fully saturated rings. The van der Waals surface area contributed by atoms with Gasteiger partial charge in [-0.1, -0.05) is 18.2 Å². The summed E-state index contributed by atoms with van der Waals surface area (Å²) < 4.78 is 45.0. The van der Waals surface area contributed by atoms with Gasteiger partial charge < -0.3 is 9.73 Å². The van der Waals surface area contributed by atoms with Crippen LogP contribution in [0.2, 0.25) is 0 Å². The van der Waals surface area contributed by atoms with Crippen molar-refractivity contribution < 1.29 is 22.4 Å². The molecule has 0 radical (unpaired) electrons. The Hall–Kier alpha value is -3.10. The van der Waals surface area contributed by atoms with Crippen LogP contribution in [-0.2, 0) is 19.6 Å². The highest BCUT2D eigenvalue weighted by atomic mass is 19.4. The first-order valence-corrected chi connectivity index (χ1v) is 7.73. The van der Waals surface area contributed by atoms with Crippen molar-refractivity contribution in [1.82, 2.24) is 20.1 Å². The summed E-state index contributed by atoms with van der Waals surface area (Å²) in [7, 11) is 1.33. The molecule has 136 valence electrons. The molecule has 3 aromatic rings. The smallest absolute Gasteiger partial charge is 0.435 e. The van der Waals surface area contributed by atoms with E-state index in [-0.39, 0.29) is 6.54 Å². The molecule has 1 amide bonds. The van der Waals surface area contributed by atoms with E-state index in [1.54, 1.807) is 0 Å². The van der Waals surface area contributed by atoms with Crippen LogP contribution in [-0.4, -0.2) is 27.2 Å². The van der Waals surface area contributed by atoms with E-state index in [1.165, 1.54) is 13.3 Å². The fourth-order valence-electron chi connectivity index (χ4n) is 2.40. The summed E-state index contributed by atoms with van der Waals surface area (Å²) in [5, 5.41) is 5.76. The number of hydrogen-bond acceptors (Lipinski definition) is 4. The van der Waals surface area contributed by atoms with Crippen molar-refractivity contribution in [2.75, 3.05) is 6.54 Å². The number of nitrogens with one attached hydrogen (secondary N) is 1. The third-order valence-corrected chi connectivity index (χ3v) is 3.58. The Morgan fingerprint density at radius 1 is 1.27 bits per heavy atom. The molecule has 0 aliphatic rings. The van der Waals surface area contributed by atoms with Crippen molar-refractivity contribution in [2.24, 2.45) is 7.05 Å². The fourth-order valence-corrected chi connectivity index (χ4v) is 2.40. The van der Waals surface area contributed by atoms with Crippen LogP contribution in [0.25, 0.3) is 11.5 Å². The first-order valence-electron chi connectivity index (χ1n) is 7.73. The molecule has 0 unspecified atom stereocenters. The average molecular weight is 364 g/mol. The van der Waals surface area contributed by atoms with Crippen molar-refractivity contribution in [3.05, 3.63) is 59.7 Å². The fraction of sp³-hybridized carbons (Fsp3) is 0.235. The Labute approximate surface area is 146 Å². The number of carbonyl (C=O) groups excluding carboxylic acids is 1. The van der Waals surface area contributed by atoms with Crippen LogP contribution in [0.5, 0.6) is 0 Å². The summed E-state index contributed by atoms with van der Waals surface area (Å²) in [6.07, 6.45) is -1.87. The molecule has 0 aliphatic heterocycles. The monoisotopic (exact) mass is 364 g/mol. The van der Waals surface area contributed by atoms with Crippen molar-refractivity contribution in [1.29, 1.82) is 0 Å². The number of carbonyl (C=O) groups is 1. The molecule has 0 saturated heterocycles. The van der Waals surface area contributed by atoms with Crippen LogP contribution >= 0.6 is 0 Å². The molecule has 2 aromatic heterocycles. The van der Waals surface area contributed by atoms with Crippen LogP contribution in [0.1, 0.15) is 21.7 Å². The Kier molecular flexibility index (Phi) is 4.79. The van der Waals surface area contributed by atoms with E-state index >= 15 is 0 Å². The normalized spacial score (nSPS) is 11.5. The summed E-state index contributed by atoms with van der Waals surface area (Å²) in [6.45, 7) is 0.117. The molecule has 1 N–H and O–H groups in total. The second-order valence-electron chi connectivity index (χ2n) is 5.58. The quantitative estimate of drug-likeness (QED) is 0.755. The predicted octanol–water partition coefficient (Wildman–Crippen LogP) is 3.07. The summed E-state index contributed by atoms with van der Waals surface area (Å²) in [6, 6.07) is 9.27. The number of rotatable bonds is 5. The van der Waals surface area contributed by atoms with Crippen molar-refractivity contribution in [3.8, 4) is 11.5 Å². The van der Waals surface area contributed by atoms with Gasteiger partial charge in [0, 0.05) is 31.8 Å². The molecule has 0 atom stereocenters. The lowest BCUT2D eigenvalue weighted by molar-refractivity contribution is -0.141. The molecule has 26 heavy (non-hydrogen) atoms. The third-order valence-electron chi connectivity index (χ3n) is 3.58. The number of aryl methyl sites for hydroxylation is 1. The molecule has 2 heterocycles. The molecule has 0 aliphatic carbocycles. The van der Waals surface area contributed by atoms with E-state index in [9.17, 15) is 18.0 Å². The van der Waals surface area contributed by atoms with Gasteiger partial charge in [-0.25, -0.2) is 4.98 Å². The van der Waals surface area contributed by atoms with E-state index in [4.69, 9.17) is 4.42 Å². The Morgan fingerprint density at radius 3 is 2.69 bits per heavy atom. The zero-order valence-electron chi connectivity index (χ0n) is 13.7. The lowest BCUT2D eigenvalue weighted by atomic mass is 10.2. The van der Waals surface area contributed by atoms with Gasteiger partial charge in [-0.05, 0) is 12.1 Å². The van der Waals surface area contributed by atoms with Crippen LogP contribution in [0, 0.1) is 0 Å². The van der Waals surface area contributed by atoms with E-state index < -0.39 is 23.3 Å². The van der Waals surface area contributed by atoms with Gasteiger partial charge in [0.25, 0.3) is 5.91 Å². The predicted molar refractivity (Wildman–Crippen MR) is 86.2 cm³/mol. The first-order chi connectivity index (χ1) is 12.3. The number of oxazole rings is 1. The summed E-state index contributed by atoms with van der Waals surface area (Å²) >= 11 is 0. The second kappa shape index (κ2) is 7.03. The minimum Gasteiger partial charge on any atom is -0.444 e. The molecule has 9 heteroatoms. The Balaban J connectivity index is 1.61. The maximum atomic E-state index is 12.9. The highest BCUT2D eigenvalue weighted by Gasteiger charge is 2.38. The minimum atomic E-state index is -4.69. The van der Waals surface area contributed by atoms with Crippen molar-refractivity contribution in [3.63, 3.8) is 0 Å². The van der Waals surface area contributed by atoms with Gasteiger partial charge in [-0.3, -0.25) is 9.48 Å². The first kappa shape index (κ1) is 17.7. The highest BCUT2D eigenvalue weighted by molar-refractivity contribution is 5.95. The highest BCUT2D eigenvalue weighted by Crippen LogP contribution is 2.30. The number of nitrogens with zero attached hydrogens (tertiary/aromatic N) is 3. The molecule has 0 spiro atoms. The number of alkyl halides is 3. The number of aromatic nitrogens is 3. The zero-order chi connectivity index (χ0) is 18.7. The van der Waals surface area contributed by atoms with E-state index in [2.05, 4.69) is 15.4 Å². The molecule has 0 bridgehead atoms. The van der Waals surface area contributed by atoms with E-state index in [0.29, 0.717) is 18.0 Å². The van der Waals surface area contributed by atoms with Gasteiger partial charge in [0.05, 0.1) is 11.3 Å². The summed E-state index contributed by atoms with van der Waals surface area (Å²) in [5.74, 6) is -0.393. The minimum absolute atomic E-state index is 0.117. The van der Waals surface area contributed by atoms with Gasteiger partial charge in [0.1, 0.15) is 6.26 Å². The number of halogens is 3. The Morgan fingerprint density at radius 2 is 2.00 bits per heavy atom. The average Bonchev–Trinajstić information content (AvgIpc) is 3.22.